The van der Waals surface area contributed by atoms with Crippen LogP contribution in [-0.4, -0.2) is 14.3 Å². The molecule has 0 saturated heterocycles. The quantitative estimate of drug-likeness (QED) is 0.844. The maximum absolute atomic E-state index is 13.5. The summed E-state index contributed by atoms with van der Waals surface area (Å²) < 4.78 is 61.7. The van der Waals surface area contributed by atoms with Crippen LogP contribution in [0.2, 0.25) is 0 Å². The van der Waals surface area contributed by atoms with E-state index in [0.717, 1.165) is 6.07 Å². The number of rotatable bonds is 3. The van der Waals surface area contributed by atoms with E-state index in [2.05, 4.69) is 5.32 Å². The normalized spacial score (nSPS) is 11.3. The fraction of sp³-hybridized carbons (Fsp3) is 0. The van der Waals surface area contributed by atoms with Crippen molar-refractivity contribution in [1.82, 2.24) is 0 Å². The standard InChI is InChI=1S/C13H9F3N2O3S/c14-10-6-12(16)11(15)5-9(10)13(19)18-7-2-1-3-8(4-7)22(17,20)21/h1-6H,(H,18,19)(H2,17,20,21). The summed E-state index contributed by atoms with van der Waals surface area (Å²) in [6.45, 7) is 0. The summed E-state index contributed by atoms with van der Waals surface area (Å²) in [4.78, 5) is 11.6. The number of hydrogen-bond acceptors (Lipinski definition) is 3. The topological polar surface area (TPSA) is 89.3 Å². The highest BCUT2D eigenvalue weighted by molar-refractivity contribution is 7.89. The van der Waals surface area contributed by atoms with Gasteiger partial charge in [0.25, 0.3) is 5.91 Å². The molecule has 0 saturated carbocycles. The van der Waals surface area contributed by atoms with Crippen LogP contribution in [0.4, 0.5) is 18.9 Å². The zero-order valence-electron chi connectivity index (χ0n) is 10.8. The Morgan fingerprint density at radius 3 is 2.27 bits per heavy atom. The first kappa shape index (κ1) is 16.0. The smallest absolute Gasteiger partial charge is 0.258 e. The SMILES string of the molecule is NS(=O)(=O)c1cccc(NC(=O)c2cc(F)c(F)cc2F)c1. The number of primary sulfonamides is 1. The molecule has 0 radical (unpaired) electrons. The van der Waals surface area contributed by atoms with Crippen molar-refractivity contribution in [2.24, 2.45) is 5.14 Å². The maximum Gasteiger partial charge on any atom is 0.258 e. The summed E-state index contributed by atoms with van der Waals surface area (Å²) in [5.41, 5.74) is -0.722. The Hall–Kier alpha value is -2.39. The van der Waals surface area contributed by atoms with Gasteiger partial charge in [-0.1, -0.05) is 6.07 Å². The van der Waals surface area contributed by atoms with Gasteiger partial charge in [0.2, 0.25) is 10.0 Å². The van der Waals surface area contributed by atoms with Gasteiger partial charge in [-0.2, -0.15) is 0 Å². The summed E-state index contributed by atoms with van der Waals surface area (Å²) in [7, 11) is -3.98. The number of hydrogen-bond donors (Lipinski definition) is 2. The minimum absolute atomic E-state index is 0.000609. The number of halogens is 3. The van der Waals surface area contributed by atoms with E-state index in [-0.39, 0.29) is 16.6 Å². The van der Waals surface area contributed by atoms with Crippen molar-refractivity contribution in [3.63, 3.8) is 0 Å². The van der Waals surface area contributed by atoms with E-state index in [1.54, 1.807) is 0 Å². The number of carbonyl (C=O) groups excluding carboxylic acids is 1. The molecule has 0 aliphatic heterocycles. The number of nitrogens with two attached hydrogens (primary N) is 1. The van der Waals surface area contributed by atoms with E-state index in [4.69, 9.17) is 5.14 Å². The number of benzene rings is 2. The van der Waals surface area contributed by atoms with Crippen LogP contribution < -0.4 is 10.5 Å². The minimum atomic E-state index is -3.98. The predicted octanol–water partition coefficient (Wildman–Crippen LogP) is 2.00. The molecule has 0 aliphatic carbocycles. The summed E-state index contributed by atoms with van der Waals surface area (Å²) in [5.74, 6) is -5.13. The van der Waals surface area contributed by atoms with E-state index in [1.807, 2.05) is 0 Å². The Labute approximate surface area is 123 Å². The van der Waals surface area contributed by atoms with Crippen LogP contribution in [-0.2, 0) is 10.0 Å². The van der Waals surface area contributed by atoms with Crippen molar-refractivity contribution < 1.29 is 26.4 Å². The molecule has 2 rings (SSSR count). The highest BCUT2D eigenvalue weighted by Gasteiger charge is 2.17. The molecule has 0 aromatic heterocycles. The monoisotopic (exact) mass is 330 g/mol. The van der Waals surface area contributed by atoms with E-state index < -0.39 is 38.9 Å². The Bertz CT molecular complexity index is 854. The summed E-state index contributed by atoms with van der Waals surface area (Å²) in [6.07, 6.45) is 0. The number of sulfonamides is 1. The second kappa shape index (κ2) is 5.78. The average molecular weight is 330 g/mol. The molecule has 1 amide bonds. The zero-order valence-corrected chi connectivity index (χ0v) is 11.6. The highest BCUT2D eigenvalue weighted by atomic mass is 32.2. The maximum atomic E-state index is 13.5. The molecule has 9 heteroatoms. The van der Waals surface area contributed by atoms with Gasteiger partial charge in [0.15, 0.2) is 11.6 Å². The van der Waals surface area contributed by atoms with Crippen molar-refractivity contribution in [2.45, 2.75) is 4.90 Å². The second-order valence-corrected chi connectivity index (χ2v) is 5.83. The van der Waals surface area contributed by atoms with Gasteiger partial charge in [0.05, 0.1) is 10.5 Å². The highest BCUT2D eigenvalue weighted by Crippen LogP contribution is 2.18. The first-order valence-corrected chi connectivity index (χ1v) is 7.32. The third-order valence-corrected chi connectivity index (χ3v) is 3.59. The molecule has 0 fully saturated rings. The first-order chi connectivity index (χ1) is 10.2. The van der Waals surface area contributed by atoms with Crippen molar-refractivity contribution >= 4 is 21.6 Å². The molecule has 2 aromatic carbocycles. The molecule has 0 spiro atoms. The van der Waals surface area contributed by atoms with Gasteiger partial charge in [-0.05, 0) is 24.3 Å². The summed E-state index contributed by atoms with van der Waals surface area (Å²) >= 11 is 0. The largest absolute Gasteiger partial charge is 0.322 e. The van der Waals surface area contributed by atoms with Crippen LogP contribution in [0.25, 0.3) is 0 Å². The lowest BCUT2D eigenvalue weighted by atomic mass is 10.2. The zero-order chi connectivity index (χ0) is 16.5. The van der Waals surface area contributed by atoms with Crippen molar-refractivity contribution in [2.75, 3.05) is 5.32 Å². The lowest BCUT2D eigenvalue weighted by molar-refractivity contribution is 0.102. The van der Waals surface area contributed by atoms with Crippen LogP contribution >= 0.6 is 0 Å². The summed E-state index contributed by atoms with van der Waals surface area (Å²) in [6, 6.07) is 5.52. The minimum Gasteiger partial charge on any atom is -0.322 e. The van der Waals surface area contributed by atoms with E-state index >= 15 is 0 Å². The van der Waals surface area contributed by atoms with Gasteiger partial charge < -0.3 is 5.32 Å². The third-order valence-electron chi connectivity index (χ3n) is 2.68. The Morgan fingerprint density at radius 2 is 1.64 bits per heavy atom. The molecule has 0 heterocycles. The molecule has 116 valence electrons. The molecule has 0 aliphatic rings. The van der Waals surface area contributed by atoms with Gasteiger partial charge in [-0.25, -0.2) is 26.7 Å². The predicted molar refractivity (Wildman–Crippen MR) is 72.1 cm³/mol. The Balaban J connectivity index is 2.32. The lowest BCUT2D eigenvalue weighted by Gasteiger charge is -2.08. The molecule has 0 atom stereocenters. The van der Waals surface area contributed by atoms with E-state index in [1.165, 1.54) is 18.2 Å². The third kappa shape index (κ3) is 3.43. The lowest BCUT2D eigenvalue weighted by Crippen LogP contribution is -2.16. The van der Waals surface area contributed by atoms with Crippen LogP contribution in [0, 0.1) is 17.5 Å². The van der Waals surface area contributed by atoms with E-state index in [9.17, 15) is 26.4 Å². The van der Waals surface area contributed by atoms with Gasteiger partial charge in [-0.15, -0.1) is 0 Å². The molecule has 22 heavy (non-hydrogen) atoms. The van der Waals surface area contributed by atoms with Crippen LogP contribution in [0.1, 0.15) is 10.4 Å². The molecule has 3 N–H and O–H groups in total. The number of carbonyl (C=O) groups is 1. The van der Waals surface area contributed by atoms with Crippen LogP contribution in [0.3, 0.4) is 0 Å². The van der Waals surface area contributed by atoms with Gasteiger partial charge in [-0.3, -0.25) is 4.79 Å². The summed E-state index contributed by atoms with van der Waals surface area (Å²) in [5, 5.41) is 7.11. The van der Waals surface area contributed by atoms with Crippen molar-refractivity contribution in [3.05, 3.63) is 59.4 Å². The number of anilines is 1. The first-order valence-electron chi connectivity index (χ1n) is 5.77. The molecule has 0 bridgehead atoms. The van der Waals surface area contributed by atoms with Gasteiger partial charge >= 0.3 is 0 Å². The molecule has 5 nitrogen and oxygen atoms in total. The fourth-order valence-electron chi connectivity index (χ4n) is 1.65. The van der Waals surface area contributed by atoms with E-state index in [0.29, 0.717) is 6.07 Å². The Morgan fingerprint density at radius 1 is 1.00 bits per heavy atom. The molecular formula is C13H9F3N2O3S. The Kier molecular flexibility index (Phi) is 4.20. The van der Waals surface area contributed by atoms with Crippen LogP contribution in [0.5, 0.6) is 0 Å². The fourth-order valence-corrected chi connectivity index (χ4v) is 2.21. The van der Waals surface area contributed by atoms with Crippen molar-refractivity contribution in [3.8, 4) is 0 Å². The molecule has 0 unspecified atom stereocenters. The van der Waals surface area contributed by atoms with Crippen LogP contribution in [0.15, 0.2) is 41.3 Å². The number of nitrogens with one attached hydrogen (secondary N) is 1. The van der Waals surface area contributed by atoms with Gasteiger partial charge in [0.1, 0.15) is 5.82 Å². The van der Waals surface area contributed by atoms with Crippen molar-refractivity contribution in [1.29, 1.82) is 0 Å². The molecule has 2 aromatic rings. The average Bonchev–Trinajstić information content (AvgIpc) is 2.42. The second-order valence-electron chi connectivity index (χ2n) is 4.27. The van der Waals surface area contributed by atoms with Gasteiger partial charge in [0, 0.05) is 11.8 Å². The molecular weight excluding hydrogens is 321 g/mol. The number of amides is 1.